The minimum atomic E-state index is 0.0637. The number of nitrogens with one attached hydrogen (secondary N) is 1. The summed E-state index contributed by atoms with van der Waals surface area (Å²) in [5.74, 6) is 1.61. The third-order valence-corrected chi connectivity index (χ3v) is 3.32. The minimum Gasteiger partial charge on any atom is -0.373 e. The van der Waals surface area contributed by atoms with Crippen molar-refractivity contribution in [1.29, 1.82) is 0 Å². The van der Waals surface area contributed by atoms with E-state index in [2.05, 4.69) is 22.2 Å². The summed E-state index contributed by atoms with van der Waals surface area (Å²) in [6, 6.07) is 1.87. The van der Waals surface area contributed by atoms with E-state index in [1.807, 2.05) is 24.3 Å². The summed E-state index contributed by atoms with van der Waals surface area (Å²) in [6.45, 7) is 3.20. The van der Waals surface area contributed by atoms with Crippen molar-refractivity contribution in [3.63, 3.8) is 0 Å². The van der Waals surface area contributed by atoms with Gasteiger partial charge in [0.05, 0.1) is 6.54 Å². The first-order chi connectivity index (χ1) is 9.51. The molecule has 0 aliphatic rings. The summed E-state index contributed by atoms with van der Waals surface area (Å²) in [7, 11) is 5.35. The van der Waals surface area contributed by atoms with Gasteiger partial charge < -0.3 is 15.1 Å². The van der Waals surface area contributed by atoms with Crippen molar-refractivity contribution in [2.45, 2.75) is 18.5 Å². The molecule has 6 nitrogen and oxygen atoms in total. The van der Waals surface area contributed by atoms with Gasteiger partial charge in [-0.1, -0.05) is 18.7 Å². The van der Waals surface area contributed by atoms with Crippen molar-refractivity contribution < 1.29 is 4.79 Å². The smallest absolute Gasteiger partial charge is 0.241 e. The molecule has 0 atom stereocenters. The van der Waals surface area contributed by atoms with Crippen molar-refractivity contribution in [2.75, 3.05) is 50.7 Å². The number of carbonyl (C=O) groups is 1. The van der Waals surface area contributed by atoms with Crippen LogP contribution < -0.4 is 10.2 Å². The maximum Gasteiger partial charge on any atom is 0.241 e. The van der Waals surface area contributed by atoms with Gasteiger partial charge in [0.2, 0.25) is 5.91 Å². The monoisotopic (exact) mass is 297 g/mol. The third kappa shape index (κ3) is 4.56. The van der Waals surface area contributed by atoms with Gasteiger partial charge in [-0.15, -0.1) is 0 Å². The summed E-state index contributed by atoms with van der Waals surface area (Å²) < 4.78 is 0. The van der Waals surface area contributed by atoms with E-state index in [0.29, 0.717) is 11.7 Å². The molecule has 112 valence electrons. The molecular formula is C13H23N5OS. The number of nitrogens with zero attached hydrogens (tertiary/aromatic N) is 4. The Labute approximate surface area is 125 Å². The predicted molar refractivity (Wildman–Crippen MR) is 84.6 cm³/mol. The molecule has 1 aromatic rings. The lowest BCUT2D eigenvalue weighted by molar-refractivity contribution is -0.127. The van der Waals surface area contributed by atoms with Crippen LogP contribution in [0, 0.1) is 0 Å². The zero-order valence-corrected chi connectivity index (χ0v) is 13.6. The first kappa shape index (κ1) is 16.6. The van der Waals surface area contributed by atoms with E-state index in [0.717, 1.165) is 24.6 Å². The Bertz CT molecular complexity index is 430. The largest absolute Gasteiger partial charge is 0.373 e. The fourth-order valence-corrected chi connectivity index (χ4v) is 2.02. The molecule has 0 spiro atoms. The first-order valence-electron chi connectivity index (χ1n) is 6.57. The van der Waals surface area contributed by atoms with Crippen molar-refractivity contribution in [2.24, 2.45) is 0 Å². The van der Waals surface area contributed by atoms with Gasteiger partial charge >= 0.3 is 0 Å². The number of hydrogen-bond donors (Lipinski definition) is 1. The number of hydrogen-bond acceptors (Lipinski definition) is 6. The molecule has 0 radical (unpaired) electrons. The maximum absolute atomic E-state index is 11.9. The average molecular weight is 297 g/mol. The number of likely N-dealkylation sites (N-methyl/N-ethyl adjacent to an activating group) is 1. The normalized spacial score (nSPS) is 10.2. The average Bonchev–Trinajstić information content (AvgIpc) is 2.45. The molecule has 1 heterocycles. The Hall–Kier alpha value is -1.50. The van der Waals surface area contributed by atoms with Crippen LogP contribution >= 0.6 is 11.8 Å². The van der Waals surface area contributed by atoms with Gasteiger partial charge in [-0.05, 0) is 12.7 Å². The van der Waals surface area contributed by atoms with Gasteiger partial charge in [0.15, 0.2) is 5.16 Å². The Morgan fingerprint density at radius 3 is 2.60 bits per heavy atom. The van der Waals surface area contributed by atoms with E-state index < -0.39 is 0 Å². The first-order valence-corrected chi connectivity index (χ1v) is 7.80. The number of rotatable bonds is 7. The quantitative estimate of drug-likeness (QED) is 0.608. The number of aromatic nitrogens is 2. The molecule has 20 heavy (non-hydrogen) atoms. The molecule has 1 N–H and O–H groups in total. The highest BCUT2D eigenvalue weighted by Gasteiger charge is 2.15. The van der Waals surface area contributed by atoms with Crippen LogP contribution in [-0.4, -0.2) is 61.3 Å². The lowest BCUT2D eigenvalue weighted by Gasteiger charge is -2.24. The zero-order valence-electron chi connectivity index (χ0n) is 12.8. The van der Waals surface area contributed by atoms with Crippen LogP contribution in [0.15, 0.2) is 11.2 Å². The molecule has 1 aromatic heterocycles. The van der Waals surface area contributed by atoms with E-state index in [1.165, 1.54) is 11.8 Å². The van der Waals surface area contributed by atoms with E-state index >= 15 is 0 Å². The van der Waals surface area contributed by atoms with Crippen LogP contribution in [0.25, 0.3) is 0 Å². The molecule has 0 saturated carbocycles. The maximum atomic E-state index is 11.9. The lowest BCUT2D eigenvalue weighted by Crippen LogP contribution is -2.37. The highest BCUT2D eigenvalue weighted by molar-refractivity contribution is 7.98. The van der Waals surface area contributed by atoms with Crippen molar-refractivity contribution in [1.82, 2.24) is 14.9 Å². The van der Waals surface area contributed by atoms with Crippen molar-refractivity contribution in [3.05, 3.63) is 6.07 Å². The second kappa shape index (κ2) is 7.94. The molecule has 1 amide bonds. The van der Waals surface area contributed by atoms with E-state index in [9.17, 15) is 4.79 Å². The van der Waals surface area contributed by atoms with Crippen molar-refractivity contribution in [3.8, 4) is 0 Å². The Morgan fingerprint density at radius 2 is 2.10 bits per heavy atom. The van der Waals surface area contributed by atoms with Crippen molar-refractivity contribution >= 4 is 29.3 Å². The van der Waals surface area contributed by atoms with Crippen LogP contribution in [-0.2, 0) is 4.79 Å². The summed E-state index contributed by atoms with van der Waals surface area (Å²) in [5.41, 5.74) is 0. The van der Waals surface area contributed by atoms with E-state index in [1.54, 1.807) is 19.0 Å². The van der Waals surface area contributed by atoms with Gasteiger partial charge in [-0.2, -0.15) is 0 Å². The Kier molecular flexibility index (Phi) is 6.57. The zero-order chi connectivity index (χ0) is 15.1. The van der Waals surface area contributed by atoms with Crippen LogP contribution in [0.5, 0.6) is 0 Å². The van der Waals surface area contributed by atoms with E-state index in [4.69, 9.17) is 0 Å². The van der Waals surface area contributed by atoms with Gasteiger partial charge in [0.25, 0.3) is 0 Å². The third-order valence-electron chi connectivity index (χ3n) is 2.77. The molecule has 0 saturated heterocycles. The van der Waals surface area contributed by atoms with Gasteiger partial charge in [0, 0.05) is 33.8 Å². The SMILES string of the molecule is CCCN(CC(=O)N(C)C)c1cc(NC)nc(SC)n1. The highest BCUT2D eigenvalue weighted by atomic mass is 32.2. The van der Waals surface area contributed by atoms with Crippen LogP contribution in [0.3, 0.4) is 0 Å². The topological polar surface area (TPSA) is 61.4 Å². The summed E-state index contributed by atoms with van der Waals surface area (Å²) in [6.07, 6.45) is 2.89. The molecule has 0 fully saturated rings. The molecular weight excluding hydrogens is 274 g/mol. The number of thioether (sulfide) groups is 1. The summed E-state index contributed by atoms with van der Waals surface area (Å²) in [5, 5.41) is 3.73. The predicted octanol–water partition coefficient (Wildman–Crippen LogP) is 1.54. The Morgan fingerprint density at radius 1 is 1.40 bits per heavy atom. The minimum absolute atomic E-state index is 0.0637. The summed E-state index contributed by atoms with van der Waals surface area (Å²) >= 11 is 1.49. The molecule has 1 rings (SSSR count). The molecule has 0 aromatic carbocycles. The standard InChI is InChI=1S/C13H23N5OS/c1-6-7-18(9-12(19)17(3)4)11-8-10(14-2)15-13(16-11)20-5/h8H,6-7,9H2,1-5H3,(H,14,15,16). The number of carbonyl (C=O) groups excluding carboxylic acids is 1. The molecule has 0 aliphatic heterocycles. The van der Waals surface area contributed by atoms with Crippen LogP contribution in [0.1, 0.15) is 13.3 Å². The number of anilines is 2. The van der Waals surface area contributed by atoms with Gasteiger partial charge in [-0.25, -0.2) is 9.97 Å². The molecule has 7 heteroatoms. The van der Waals surface area contributed by atoms with Gasteiger partial charge in [0.1, 0.15) is 11.6 Å². The number of amides is 1. The van der Waals surface area contributed by atoms with Gasteiger partial charge in [-0.3, -0.25) is 4.79 Å². The highest BCUT2D eigenvalue weighted by Crippen LogP contribution is 2.20. The van der Waals surface area contributed by atoms with Crippen LogP contribution in [0.4, 0.5) is 11.6 Å². The second-order valence-corrected chi connectivity index (χ2v) is 5.33. The fraction of sp³-hybridized carbons (Fsp3) is 0.615. The molecule has 0 unspecified atom stereocenters. The lowest BCUT2D eigenvalue weighted by atomic mass is 10.3. The molecule has 0 bridgehead atoms. The fourth-order valence-electron chi connectivity index (χ4n) is 1.64. The Balaban J connectivity index is 3.03. The van der Waals surface area contributed by atoms with E-state index in [-0.39, 0.29) is 5.91 Å². The molecule has 0 aliphatic carbocycles. The van der Waals surface area contributed by atoms with Crippen LogP contribution in [0.2, 0.25) is 0 Å². The second-order valence-electron chi connectivity index (χ2n) is 4.56. The summed E-state index contributed by atoms with van der Waals surface area (Å²) in [4.78, 5) is 24.4.